The van der Waals surface area contributed by atoms with Gasteiger partial charge in [0.25, 0.3) is 0 Å². The van der Waals surface area contributed by atoms with Gasteiger partial charge >= 0.3 is 0 Å². The van der Waals surface area contributed by atoms with E-state index in [1.54, 1.807) is 24.1 Å². The Bertz CT molecular complexity index is 929. The maximum Gasteiger partial charge on any atom is 0.246 e. The molecule has 0 spiro atoms. The smallest absolute Gasteiger partial charge is 0.246 e. The predicted molar refractivity (Wildman–Crippen MR) is 113 cm³/mol. The summed E-state index contributed by atoms with van der Waals surface area (Å²) in [7, 11) is 1.74. The molecule has 0 bridgehead atoms. The molecule has 3 rings (SSSR count). The monoisotopic (exact) mass is 435 g/mol. The van der Waals surface area contributed by atoms with Crippen molar-refractivity contribution in [2.24, 2.45) is 0 Å². The number of aromatic nitrogens is 2. The third-order valence-electron chi connectivity index (χ3n) is 4.06. The van der Waals surface area contributed by atoms with E-state index in [0.717, 1.165) is 10.5 Å². The average molecular weight is 436 g/mol. The number of hydrogen-bond donors (Lipinski definition) is 0. The molecule has 0 saturated heterocycles. The molecule has 2 aromatic carbocycles. The van der Waals surface area contributed by atoms with Crippen LogP contribution in [0.3, 0.4) is 0 Å². The Kier molecular flexibility index (Phi) is 6.99. The molecule has 1 heterocycles. The molecule has 146 valence electrons. The highest BCUT2D eigenvalue weighted by Gasteiger charge is 2.23. The molecule has 0 radical (unpaired) electrons. The Balaban J connectivity index is 1.64. The molecule has 0 aliphatic carbocycles. The topological polar surface area (TPSA) is 59.2 Å². The Morgan fingerprint density at radius 2 is 1.71 bits per heavy atom. The van der Waals surface area contributed by atoms with Crippen molar-refractivity contribution >= 4 is 40.9 Å². The first-order valence-electron chi connectivity index (χ1n) is 8.72. The van der Waals surface area contributed by atoms with Gasteiger partial charge in [0, 0.05) is 27.6 Å². The number of nitrogens with zero attached hydrogens (tertiary/aromatic N) is 3. The van der Waals surface area contributed by atoms with Crippen molar-refractivity contribution in [2.45, 2.75) is 30.0 Å². The zero-order valence-corrected chi connectivity index (χ0v) is 17.8. The van der Waals surface area contributed by atoms with Crippen molar-refractivity contribution in [1.82, 2.24) is 15.0 Å². The van der Waals surface area contributed by atoms with Gasteiger partial charge in [-0.3, -0.25) is 4.79 Å². The van der Waals surface area contributed by atoms with E-state index in [-0.39, 0.29) is 17.7 Å². The quantitative estimate of drug-likeness (QED) is 0.453. The van der Waals surface area contributed by atoms with Gasteiger partial charge in [0.2, 0.25) is 17.6 Å². The second kappa shape index (κ2) is 9.45. The van der Waals surface area contributed by atoms with Gasteiger partial charge in [0.05, 0.1) is 11.8 Å². The normalized spacial score (nSPS) is 12.0. The van der Waals surface area contributed by atoms with Crippen LogP contribution in [-0.4, -0.2) is 33.2 Å². The summed E-state index contributed by atoms with van der Waals surface area (Å²) in [6.07, 6.45) is 0.705. The largest absolute Gasteiger partial charge is 0.337 e. The average Bonchev–Trinajstić information content (AvgIpc) is 3.16. The first-order valence-corrected chi connectivity index (χ1v) is 10.4. The van der Waals surface area contributed by atoms with E-state index in [9.17, 15) is 4.79 Å². The van der Waals surface area contributed by atoms with Crippen LogP contribution in [0.25, 0.3) is 11.4 Å². The van der Waals surface area contributed by atoms with Gasteiger partial charge in [-0.25, -0.2) is 0 Å². The Labute approximate surface area is 178 Å². The number of thioether (sulfide) groups is 1. The number of hydrogen-bond acceptors (Lipinski definition) is 5. The lowest BCUT2D eigenvalue weighted by molar-refractivity contribution is -0.130. The van der Waals surface area contributed by atoms with Gasteiger partial charge in [-0.2, -0.15) is 4.98 Å². The van der Waals surface area contributed by atoms with Crippen LogP contribution in [0.1, 0.15) is 19.2 Å². The third-order valence-corrected chi connectivity index (χ3v) is 5.93. The minimum Gasteiger partial charge on any atom is -0.337 e. The van der Waals surface area contributed by atoms with E-state index in [1.807, 2.05) is 43.3 Å². The highest BCUT2D eigenvalue weighted by atomic mass is 35.5. The lowest BCUT2D eigenvalue weighted by Gasteiger charge is -2.21. The first-order chi connectivity index (χ1) is 13.5. The van der Waals surface area contributed by atoms with Crippen LogP contribution in [0.5, 0.6) is 0 Å². The summed E-state index contributed by atoms with van der Waals surface area (Å²) in [6.45, 7) is 2.24. The maximum absolute atomic E-state index is 12.8. The summed E-state index contributed by atoms with van der Waals surface area (Å²) >= 11 is 13.3. The lowest BCUT2D eigenvalue weighted by atomic mass is 10.2. The van der Waals surface area contributed by atoms with E-state index in [2.05, 4.69) is 10.1 Å². The van der Waals surface area contributed by atoms with Crippen molar-refractivity contribution < 1.29 is 9.32 Å². The number of halogens is 2. The van der Waals surface area contributed by atoms with Crippen LogP contribution < -0.4 is 0 Å². The zero-order chi connectivity index (χ0) is 20.1. The molecule has 0 fully saturated rings. The van der Waals surface area contributed by atoms with Gasteiger partial charge in [0.1, 0.15) is 0 Å². The summed E-state index contributed by atoms with van der Waals surface area (Å²) in [5.74, 6) is 0.857. The Hall–Kier alpha value is -2.02. The standard InChI is InChI=1S/C20H19Cl2N3O2S/c1-3-17(28-16-10-8-15(22)9-11-16)20(26)25(2)12-18-23-19(24-27-18)13-4-6-14(21)7-5-13/h4-11,17H,3,12H2,1-2H3/t17-/m1/s1. The molecule has 1 atom stereocenters. The van der Waals surface area contributed by atoms with E-state index in [0.29, 0.717) is 28.2 Å². The molecular formula is C20H19Cl2N3O2S. The fourth-order valence-corrected chi connectivity index (χ4v) is 3.87. The van der Waals surface area contributed by atoms with Gasteiger partial charge in [-0.15, -0.1) is 11.8 Å². The van der Waals surface area contributed by atoms with Gasteiger partial charge < -0.3 is 9.42 Å². The maximum atomic E-state index is 12.8. The highest BCUT2D eigenvalue weighted by molar-refractivity contribution is 8.00. The van der Waals surface area contributed by atoms with Crippen LogP contribution in [0.2, 0.25) is 10.0 Å². The SMILES string of the molecule is CC[C@@H](Sc1ccc(Cl)cc1)C(=O)N(C)Cc1nc(-c2ccc(Cl)cc2)no1. The highest BCUT2D eigenvalue weighted by Crippen LogP contribution is 2.28. The Morgan fingerprint density at radius 3 is 2.32 bits per heavy atom. The van der Waals surface area contributed by atoms with E-state index in [4.69, 9.17) is 27.7 Å². The molecule has 0 saturated carbocycles. The first kappa shape index (κ1) is 20.7. The molecule has 0 aliphatic heterocycles. The zero-order valence-electron chi connectivity index (χ0n) is 15.4. The molecule has 28 heavy (non-hydrogen) atoms. The summed E-state index contributed by atoms with van der Waals surface area (Å²) in [4.78, 5) is 19.8. The van der Waals surface area contributed by atoms with Crippen molar-refractivity contribution in [3.05, 3.63) is 64.5 Å². The van der Waals surface area contributed by atoms with Crippen LogP contribution in [0.15, 0.2) is 57.9 Å². The fraction of sp³-hybridized carbons (Fsp3) is 0.250. The number of carbonyl (C=O) groups excluding carboxylic acids is 1. The number of amides is 1. The lowest BCUT2D eigenvalue weighted by Crippen LogP contribution is -2.34. The number of rotatable bonds is 7. The molecular weight excluding hydrogens is 417 g/mol. The minimum absolute atomic E-state index is 0.00805. The molecule has 5 nitrogen and oxygen atoms in total. The van der Waals surface area contributed by atoms with E-state index in [1.165, 1.54) is 11.8 Å². The molecule has 1 aromatic heterocycles. The number of carbonyl (C=O) groups is 1. The Morgan fingerprint density at radius 1 is 1.11 bits per heavy atom. The third kappa shape index (κ3) is 5.28. The van der Waals surface area contributed by atoms with Crippen molar-refractivity contribution in [3.63, 3.8) is 0 Å². The van der Waals surface area contributed by atoms with E-state index >= 15 is 0 Å². The van der Waals surface area contributed by atoms with Gasteiger partial charge in [-0.1, -0.05) is 35.3 Å². The van der Waals surface area contributed by atoms with E-state index < -0.39 is 0 Å². The number of benzene rings is 2. The molecule has 0 N–H and O–H groups in total. The molecule has 0 aliphatic rings. The summed E-state index contributed by atoms with van der Waals surface area (Å²) < 4.78 is 5.31. The minimum atomic E-state index is -0.204. The van der Waals surface area contributed by atoms with Crippen LogP contribution in [-0.2, 0) is 11.3 Å². The molecule has 1 amide bonds. The van der Waals surface area contributed by atoms with Crippen molar-refractivity contribution in [1.29, 1.82) is 0 Å². The van der Waals surface area contributed by atoms with Crippen molar-refractivity contribution in [3.8, 4) is 11.4 Å². The second-order valence-corrected chi connectivity index (χ2v) is 8.33. The molecule has 0 unspecified atom stereocenters. The summed E-state index contributed by atoms with van der Waals surface area (Å²) in [5, 5.41) is 5.10. The molecule has 3 aromatic rings. The summed E-state index contributed by atoms with van der Waals surface area (Å²) in [5.41, 5.74) is 0.804. The second-order valence-electron chi connectivity index (χ2n) is 6.18. The van der Waals surface area contributed by atoms with Crippen LogP contribution in [0, 0.1) is 0 Å². The van der Waals surface area contributed by atoms with Crippen molar-refractivity contribution in [2.75, 3.05) is 7.05 Å². The van der Waals surface area contributed by atoms with Crippen LogP contribution in [0.4, 0.5) is 0 Å². The van der Waals surface area contributed by atoms with Gasteiger partial charge in [0.15, 0.2) is 0 Å². The molecule has 8 heteroatoms. The predicted octanol–water partition coefficient (Wildman–Crippen LogP) is 5.57. The van der Waals surface area contributed by atoms with Crippen LogP contribution >= 0.6 is 35.0 Å². The van der Waals surface area contributed by atoms with Gasteiger partial charge in [-0.05, 0) is 55.0 Å². The summed E-state index contributed by atoms with van der Waals surface area (Å²) in [6, 6.07) is 14.6. The fourth-order valence-electron chi connectivity index (χ4n) is 2.55.